The number of rotatable bonds is 4. The third-order valence-electron chi connectivity index (χ3n) is 4.72. The maximum absolute atomic E-state index is 6.02. The molecule has 1 spiro atoms. The maximum Gasteiger partial charge on any atom is 0.125 e. The van der Waals surface area contributed by atoms with Crippen LogP contribution in [0.4, 0.5) is 0 Å². The van der Waals surface area contributed by atoms with Gasteiger partial charge in [-0.1, -0.05) is 0 Å². The normalized spacial score (nSPS) is 23.1. The molecule has 2 aliphatic rings. The van der Waals surface area contributed by atoms with Gasteiger partial charge in [0.1, 0.15) is 12.2 Å². The van der Waals surface area contributed by atoms with Crippen molar-refractivity contribution in [3.8, 4) is 0 Å². The molecule has 0 saturated carbocycles. The van der Waals surface area contributed by atoms with Crippen molar-refractivity contribution in [3.05, 3.63) is 48.1 Å². The van der Waals surface area contributed by atoms with Crippen molar-refractivity contribution in [2.24, 2.45) is 5.41 Å². The van der Waals surface area contributed by atoms with Gasteiger partial charge in [-0.05, 0) is 18.9 Å². The first kappa shape index (κ1) is 14.7. The number of aryl methyl sites for hydroxylation is 1. The predicted molar refractivity (Wildman–Crippen MR) is 84.6 cm³/mol. The Morgan fingerprint density at radius 3 is 2.61 bits per heavy atom. The molecule has 0 aliphatic carbocycles. The van der Waals surface area contributed by atoms with Crippen molar-refractivity contribution in [3.63, 3.8) is 0 Å². The topological polar surface area (TPSA) is 64.0 Å². The van der Waals surface area contributed by atoms with Crippen molar-refractivity contribution < 1.29 is 4.74 Å². The summed E-state index contributed by atoms with van der Waals surface area (Å²) in [6.07, 6.45) is 11.5. The molecule has 0 aromatic carbocycles. The smallest absolute Gasteiger partial charge is 0.125 e. The fraction of sp³-hybridized carbons (Fsp3) is 0.529. The molecular weight excluding hydrogens is 290 g/mol. The van der Waals surface area contributed by atoms with Gasteiger partial charge in [0.25, 0.3) is 0 Å². The van der Waals surface area contributed by atoms with Crippen LogP contribution >= 0.6 is 0 Å². The summed E-state index contributed by atoms with van der Waals surface area (Å²) in [6, 6.07) is 0. The van der Waals surface area contributed by atoms with Crippen LogP contribution in [0, 0.1) is 12.3 Å². The summed E-state index contributed by atoms with van der Waals surface area (Å²) in [5.41, 5.74) is 2.68. The van der Waals surface area contributed by atoms with Crippen LogP contribution in [0.25, 0.3) is 0 Å². The van der Waals surface area contributed by atoms with Crippen molar-refractivity contribution in [1.82, 2.24) is 24.8 Å². The van der Waals surface area contributed by atoms with E-state index >= 15 is 0 Å². The Labute approximate surface area is 136 Å². The molecule has 4 heterocycles. The molecule has 0 N–H and O–H groups in total. The number of nitrogens with zero attached hydrogens (tertiary/aromatic N) is 5. The van der Waals surface area contributed by atoms with E-state index in [1.165, 1.54) is 5.56 Å². The summed E-state index contributed by atoms with van der Waals surface area (Å²) in [7, 11) is 0. The molecule has 1 atom stereocenters. The van der Waals surface area contributed by atoms with Gasteiger partial charge in [0.2, 0.25) is 0 Å². The molecule has 2 saturated heterocycles. The van der Waals surface area contributed by atoms with Gasteiger partial charge in [-0.15, -0.1) is 0 Å². The number of hydrogen-bond acceptors (Lipinski definition) is 6. The number of likely N-dealkylation sites (tertiary alicyclic amines) is 1. The first-order valence-corrected chi connectivity index (χ1v) is 8.06. The summed E-state index contributed by atoms with van der Waals surface area (Å²) in [4.78, 5) is 19.1. The van der Waals surface area contributed by atoms with Crippen molar-refractivity contribution in [2.75, 3.05) is 19.7 Å². The molecule has 6 nitrogen and oxygen atoms in total. The van der Waals surface area contributed by atoms with Crippen molar-refractivity contribution >= 4 is 0 Å². The van der Waals surface area contributed by atoms with Crippen molar-refractivity contribution in [1.29, 1.82) is 0 Å². The van der Waals surface area contributed by atoms with Gasteiger partial charge < -0.3 is 4.74 Å². The molecule has 0 bridgehead atoms. The van der Waals surface area contributed by atoms with E-state index in [0.29, 0.717) is 11.5 Å². The molecule has 0 amide bonds. The number of aromatic nitrogens is 4. The monoisotopic (exact) mass is 311 g/mol. The lowest BCUT2D eigenvalue weighted by Crippen LogP contribution is -2.56. The second kappa shape index (κ2) is 5.94. The molecule has 2 aromatic heterocycles. The lowest BCUT2D eigenvalue weighted by molar-refractivity contribution is -0.0141. The van der Waals surface area contributed by atoms with Crippen molar-refractivity contribution in [2.45, 2.75) is 32.4 Å². The van der Waals surface area contributed by atoms with Gasteiger partial charge in [-0.25, -0.2) is 19.9 Å². The third kappa shape index (κ3) is 3.23. The second-order valence-electron chi connectivity index (χ2n) is 6.87. The summed E-state index contributed by atoms with van der Waals surface area (Å²) in [5.74, 6) is 0.825. The van der Waals surface area contributed by atoms with Gasteiger partial charge in [0.15, 0.2) is 0 Å². The largest absolute Gasteiger partial charge is 0.377 e. The van der Waals surface area contributed by atoms with Crippen LogP contribution in [-0.4, -0.2) is 50.6 Å². The lowest BCUT2D eigenvalue weighted by atomic mass is 9.77. The molecule has 23 heavy (non-hydrogen) atoms. The summed E-state index contributed by atoms with van der Waals surface area (Å²) in [5, 5.41) is 0. The van der Waals surface area contributed by atoms with Crippen LogP contribution in [-0.2, 0) is 17.7 Å². The van der Waals surface area contributed by atoms with Gasteiger partial charge in [-0.3, -0.25) is 4.90 Å². The Balaban J connectivity index is 1.28. The molecule has 0 radical (unpaired) electrons. The fourth-order valence-corrected chi connectivity index (χ4v) is 3.72. The average Bonchev–Trinajstić information content (AvgIpc) is 2.94. The minimum Gasteiger partial charge on any atom is -0.377 e. The van der Waals surface area contributed by atoms with Crippen LogP contribution in [0.1, 0.15) is 23.4 Å². The molecule has 1 unspecified atom stereocenters. The fourth-order valence-electron chi connectivity index (χ4n) is 3.72. The Morgan fingerprint density at radius 1 is 1.13 bits per heavy atom. The molecule has 2 aliphatic heterocycles. The first-order chi connectivity index (χ1) is 11.2. The zero-order valence-corrected chi connectivity index (χ0v) is 13.4. The maximum atomic E-state index is 6.02. The number of ether oxygens (including phenoxy) is 1. The highest BCUT2D eigenvalue weighted by Crippen LogP contribution is 2.42. The number of hydrogen-bond donors (Lipinski definition) is 0. The predicted octanol–water partition coefficient (Wildman–Crippen LogP) is 1.41. The minimum atomic E-state index is 0.297. The van der Waals surface area contributed by atoms with E-state index in [-0.39, 0.29) is 0 Å². The zero-order valence-electron chi connectivity index (χ0n) is 13.4. The van der Waals surface area contributed by atoms with E-state index in [9.17, 15) is 0 Å². The van der Waals surface area contributed by atoms with Gasteiger partial charge in [0, 0.05) is 61.8 Å². The SMILES string of the molecule is Cc1ncc(CN2CC3(COC(Cc4cncnc4)C3)C2)cn1. The Morgan fingerprint density at radius 2 is 1.87 bits per heavy atom. The second-order valence-corrected chi connectivity index (χ2v) is 6.87. The molecular formula is C17H21N5O. The highest BCUT2D eigenvalue weighted by molar-refractivity contribution is 5.10. The first-order valence-electron chi connectivity index (χ1n) is 8.06. The van der Waals surface area contributed by atoms with E-state index < -0.39 is 0 Å². The molecule has 2 aromatic rings. The Bertz CT molecular complexity index is 654. The van der Waals surface area contributed by atoms with Crippen LogP contribution in [0.5, 0.6) is 0 Å². The molecule has 6 heteroatoms. The van der Waals surface area contributed by atoms with E-state index in [1.807, 2.05) is 31.7 Å². The average molecular weight is 311 g/mol. The van der Waals surface area contributed by atoms with E-state index in [4.69, 9.17) is 4.74 Å². The zero-order chi connectivity index (χ0) is 15.7. The summed E-state index contributed by atoms with van der Waals surface area (Å²) < 4.78 is 6.02. The summed E-state index contributed by atoms with van der Waals surface area (Å²) >= 11 is 0. The lowest BCUT2D eigenvalue weighted by Gasteiger charge is -2.47. The van der Waals surface area contributed by atoms with E-state index in [0.717, 1.165) is 50.5 Å². The summed E-state index contributed by atoms with van der Waals surface area (Å²) in [6.45, 7) is 5.91. The Hall–Kier alpha value is -1.92. The van der Waals surface area contributed by atoms with Gasteiger partial charge in [0.05, 0.1) is 12.7 Å². The molecule has 2 fully saturated rings. The van der Waals surface area contributed by atoms with E-state index in [2.05, 4.69) is 24.8 Å². The van der Waals surface area contributed by atoms with Gasteiger partial charge in [-0.2, -0.15) is 0 Å². The van der Waals surface area contributed by atoms with Crippen LogP contribution in [0.2, 0.25) is 0 Å². The quantitative estimate of drug-likeness (QED) is 0.850. The van der Waals surface area contributed by atoms with Crippen LogP contribution in [0.3, 0.4) is 0 Å². The van der Waals surface area contributed by atoms with E-state index in [1.54, 1.807) is 6.33 Å². The third-order valence-corrected chi connectivity index (χ3v) is 4.72. The Kier molecular flexibility index (Phi) is 3.79. The molecule has 120 valence electrons. The highest BCUT2D eigenvalue weighted by Gasteiger charge is 2.48. The van der Waals surface area contributed by atoms with Crippen LogP contribution < -0.4 is 0 Å². The van der Waals surface area contributed by atoms with Gasteiger partial charge >= 0.3 is 0 Å². The highest BCUT2D eigenvalue weighted by atomic mass is 16.5. The molecule has 4 rings (SSSR count). The standard InChI is InChI=1S/C17H21N5O/c1-13-20-6-15(7-21-13)8-22-9-17(10-22)3-16(23-11-17)2-14-4-18-12-19-5-14/h4-7,12,16H,2-3,8-11H2,1H3. The van der Waals surface area contributed by atoms with Crippen LogP contribution in [0.15, 0.2) is 31.1 Å². The minimum absolute atomic E-state index is 0.297.